The predicted molar refractivity (Wildman–Crippen MR) is 103 cm³/mol. The van der Waals surface area contributed by atoms with Crippen molar-refractivity contribution in [2.45, 2.75) is 39.9 Å². The maximum atomic E-state index is 12.1. The van der Waals surface area contributed by atoms with E-state index in [-0.39, 0.29) is 25.2 Å². The fraction of sp³-hybridized carbons (Fsp3) is 0.524. The first-order valence-corrected chi connectivity index (χ1v) is 9.03. The Morgan fingerprint density at radius 2 is 1.85 bits per heavy atom. The van der Waals surface area contributed by atoms with E-state index in [2.05, 4.69) is 11.2 Å². The first-order chi connectivity index (χ1) is 12.6. The molecule has 2 amide bonds. The molecule has 6 heteroatoms. The highest BCUT2D eigenvalue weighted by atomic mass is 16.6. The molecule has 2 rings (SSSR count). The van der Waals surface area contributed by atoms with Crippen LogP contribution in [0.1, 0.15) is 33.3 Å². The van der Waals surface area contributed by atoms with Crippen LogP contribution in [0.5, 0.6) is 0 Å². The Kier molecular flexibility index (Phi) is 6.37. The highest BCUT2D eigenvalue weighted by Crippen LogP contribution is 2.34. The summed E-state index contributed by atoms with van der Waals surface area (Å²) in [5, 5.41) is 2.73. The molecule has 1 N–H and O–H groups in total. The van der Waals surface area contributed by atoms with E-state index in [1.165, 1.54) is 0 Å². The lowest BCUT2D eigenvalue weighted by atomic mass is 9.73. The van der Waals surface area contributed by atoms with Crippen molar-refractivity contribution in [3.63, 3.8) is 0 Å². The third-order valence-corrected chi connectivity index (χ3v) is 4.57. The SMILES string of the molecule is C#CC(C)(CNC(=O)OC(C)(C)C)C1CN(C(=O)OCc2ccccc2)C1. The topological polar surface area (TPSA) is 67.9 Å². The standard InChI is InChI=1S/C21H28N2O4/c1-6-21(5,15-22-18(24)27-20(2,3)4)17-12-23(13-17)19(25)26-14-16-10-8-7-9-11-16/h1,7-11,17H,12-15H2,2-5H3,(H,22,24). The number of carbonyl (C=O) groups is 2. The van der Waals surface area contributed by atoms with E-state index < -0.39 is 17.1 Å². The van der Waals surface area contributed by atoms with Gasteiger partial charge in [-0.05, 0) is 33.3 Å². The summed E-state index contributed by atoms with van der Waals surface area (Å²) in [6, 6.07) is 9.53. The van der Waals surface area contributed by atoms with E-state index in [0.717, 1.165) is 5.56 Å². The van der Waals surface area contributed by atoms with Crippen LogP contribution in [0.3, 0.4) is 0 Å². The van der Waals surface area contributed by atoms with Gasteiger partial charge in [0, 0.05) is 25.6 Å². The minimum atomic E-state index is -0.563. The fourth-order valence-corrected chi connectivity index (χ4v) is 2.72. The Morgan fingerprint density at radius 1 is 1.22 bits per heavy atom. The summed E-state index contributed by atoms with van der Waals surface area (Å²) in [7, 11) is 0. The molecule has 1 aromatic rings. The molecule has 1 unspecified atom stereocenters. The summed E-state index contributed by atoms with van der Waals surface area (Å²) in [6.07, 6.45) is 4.86. The molecule has 0 aliphatic carbocycles. The Morgan fingerprint density at radius 3 is 2.41 bits per heavy atom. The lowest BCUT2D eigenvalue weighted by Crippen LogP contribution is -2.58. The Hall–Kier alpha value is -2.68. The molecule has 1 fully saturated rings. The number of nitrogens with zero attached hydrogens (tertiary/aromatic N) is 1. The highest BCUT2D eigenvalue weighted by molar-refractivity contribution is 5.69. The summed E-state index contributed by atoms with van der Waals surface area (Å²) >= 11 is 0. The van der Waals surface area contributed by atoms with Gasteiger partial charge < -0.3 is 19.7 Å². The number of alkyl carbamates (subject to hydrolysis) is 1. The van der Waals surface area contributed by atoms with Gasteiger partial charge >= 0.3 is 12.2 Å². The number of hydrogen-bond acceptors (Lipinski definition) is 4. The number of amides is 2. The van der Waals surface area contributed by atoms with Crippen LogP contribution in [0.2, 0.25) is 0 Å². The van der Waals surface area contributed by atoms with Crippen LogP contribution in [0.25, 0.3) is 0 Å². The molecular formula is C21H28N2O4. The van der Waals surface area contributed by atoms with E-state index in [0.29, 0.717) is 13.1 Å². The molecule has 146 valence electrons. The normalized spacial score (nSPS) is 16.5. The van der Waals surface area contributed by atoms with Crippen LogP contribution in [0, 0.1) is 23.7 Å². The summed E-state index contributed by atoms with van der Waals surface area (Å²) < 4.78 is 10.6. The number of rotatable bonds is 5. The Bertz CT molecular complexity index is 699. The maximum absolute atomic E-state index is 12.1. The molecule has 0 aromatic heterocycles. The van der Waals surface area contributed by atoms with Gasteiger partial charge in [0.2, 0.25) is 0 Å². The minimum Gasteiger partial charge on any atom is -0.445 e. The van der Waals surface area contributed by atoms with Gasteiger partial charge in [-0.25, -0.2) is 9.59 Å². The van der Waals surface area contributed by atoms with Gasteiger partial charge in [0.25, 0.3) is 0 Å². The molecule has 6 nitrogen and oxygen atoms in total. The highest BCUT2D eigenvalue weighted by Gasteiger charge is 2.43. The zero-order valence-electron chi connectivity index (χ0n) is 16.5. The monoisotopic (exact) mass is 372 g/mol. The quantitative estimate of drug-likeness (QED) is 0.804. The van der Waals surface area contributed by atoms with E-state index in [4.69, 9.17) is 15.9 Å². The third-order valence-electron chi connectivity index (χ3n) is 4.57. The van der Waals surface area contributed by atoms with Crippen LogP contribution in [0.4, 0.5) is 9.59 Å². The Balaban J connectivity index is 1.78. The number of likely N-dealkylation sites (tertiary alicyclic amines) is 1. The van der Waals surface area contributed by atoms with Crippen LogP contribution < -0.4 is 5.32 Å². The molecular weight excluding hydrogens is 344 g/mol. The number of nitrogens with one attached hydrogen (secondary N) is 1. The number of ether oxygens (including phenoxy) is 2. The van der Waals surface area contributed by atoms with Crippen LogP contribution in [-0.4, -0.2) is 42.3 Å². The maximum Gasteiger partial charge on any atom is 0.410 e. The number of carbonyl (C=O) groups excluding carboxylic acids is 2. The van der Waals surface area contributed by atoms with Gasteiger partial charge in [-0.1, -0.05) is 36.3 Å². The first kappa shape index (κ1) is 20.6. The molecule has 1 aromatic carbocycles. The molecule has 0 saturated carbocycles. The van der Waals surface area contributed by atoms with Gasteiger partial charge in [-0.3, -0.25) is 0 Å². The molecule has 27 heavy (non-hydrogen) atoms. The van der Waals surface area contributed by atoms with Crippen LogP contribution >= 0.6 is 0 Å². The molecule has 1 heterocycles. The van der Waals surface area contributed by atoms with Gasteiger partial charge in [-0.15, -0.1) is 6.42 Å². The van der Waals surface area contributed by atoms with Gasteiger partial charge in [-0.2, -0.15) is 0 Å². The molecule has 1 aliphatic rings. The van der Waals surface area contributed by atoms with Crippen molar-refractivity contribution in [1.29, 1.82) is 0 Å². The van der Waals surface area contributed by atoms with Crippen LogP contribution in [-0.2, 0) is 16.1 Å². The average molecular weight is 372 g/mol. The fourth-order valence-electron chi connectivity index (χ4n) is 2.72. The zero-order valence-corrected chi connectivity index (χ0v) is 16.5. The summed E-state index contributed by atoms with van der Waals surface area (Å²) in [5.41, 5.74) is -0.183. The molecule has 0 spiro atoms. The minimum absolute atomic E-state index is 0.0849. The van der Waals surface area contributed by atoms with Gasteiger partial charge in [0.05, 0.1) is 5.41 Å². The average Bonchev–Trinajstić information content (AvgIpc) is 2.56. The molecule has 1 atom stereocenters. The molecule has 1 saturated heterocycles. The lowest BCUT2D eigenvalue weighted by molar-refractivity contribution is 0.0146. The number of benzene rings is 1. The predicted octanol–water partition coefficient (Wildman–Crippen LogP) is 3.42. The van der Waals surface area contributed by atoms with Crippen molar-refractivity contribution in [3.05, 3.63) is 35.9 Å². The smallest absolute Gasteiger partial charge is 0.410 e. The van der Waals surface area contributed by atoms with Gasteiger partial charge in [0.1, 0.15) is 12.2 Å². The van der Waals surface area contributed by atoms with Crippen molar-refractivity contribution in [1.82, 2.24) is 10.2 Å². The molecule has 1 aliphatic heterocycles. The van der Waals surface area contributed by atoms with E-state index in [9.17, 15) is 9.59 Å². The van der Waals surface area contributed by atoms with Gasteiger partial charge in [0.15, 0.2) is 0 Å². The van der Waals surface area contributed by atoms with Crippen LogP contribution in [0.15, 0.2) is 30.3 Å². The second kappa shape index (κ2) is 8.34. The van der Waals surface area contributed by atoms with E-state index >= 15 is 0 Å². The summed E-state index contributed by atoms with van der Waals surface area (Å²) in [4.78, 5) is 25.6. The third kappa shape index (κ3) is 5.92. The van der Waals surface area contributed by atoms with Crippen molar-refractivity contribution in [2.75, 3.05) is 19.6 Å². The lowest BCUT2D eigenvalue weighted by Gasteiger charge is -2.46. The van der Waals surface area contributed by atoms with Crippen molar-refractivity contribution in [3.8, 4) is 12.3 Å². The van der Waals surface area contributed by atoms with E-state index in [1.54, 1.807) is 25.7 Å². The largest absolute Gasteiger partial charge is 0.445 e. The van der Waals surface area contributed by atoms with Crippen molar-refractivity contribution in [2.24, 2.45) is 11.3 Å². The molecule has 0 radical (unpaired) electrons. The van der Waals surface area contributed by atoms with Crippen molar-refractivity contribution < 1.29 is 19.1 Å². The summed E-state index contributed by atoms with van der Waals surface area (Å²) in [6.45, 7) is 8.85. The number of hydrogen-bond donors (Lipinski definition) is 1. The zero-order chi connectivity index (χ0) is 20.1. The second-order valence-corrected chi connectivity index (χ2v) is 8.06. The first-order valence-electron chi connectivity index (χ1n) is 9.03. The van der Waals surface area contributed by atoms with Crippen molar-refractivity contribution >= 4 is 12.2 Å². The Labute approximate surface area is 161 Å². The molecule has 0 bridgehead atoms. The summed E-state index contributed by atoms with van der Waals surface area (Å²) in [5.74, 6) is 2.85. The van der Waals surface area contributed by atoms with E-state index in [1.807, 2.05) is 37.3 Å². The number of terminal acetylenes is 1. The second-order valence-electron chi connectivity index (χ2n) is 8.06.